The standard InChI is InChI=1S/C27H29ClNO5PS2/c1-3-5-15-37(32)22-10-11-24-20(16-22)17-23-25(30)12-13-26(27(23)29-24)34-35(31,36-14-4-2)33-21-8-6-19(18-28)7-9-21/h6-13,16-17,30H,3-5,14-15,18H2,1-2H3. The number of alkyl halides is 1. The Bertz CT molecular complexity index is 1470. The number of hydrogen-bond donors (Lipinski definition) is 1. The molecule has 4 aromatic rings. The summed E-state index contributed by atoms with van der Waals surface area (Å²) < 4.78 is 38.4. The van der Waals surface area contributed by atoms with E-state index in [1.807, 2.05) is 37.3 Å². The number of unbranched alkanes of at least 4 members (excludes halogenated alkanes) is 1. The second-order valence-corrected chi connectivity index (χ2v) is 14.3. The van der Waals surface area contributed by atoms with Gasteiger partial charge in [0.15, 0.2) is 5.75 Å². The van der Waals surface area contributed by atoms with Crippen molar-refractivity contribution in [2.45, 2.75) is 43.9 Å². The van der Waals surface area contributed by atoms with Crippen LogP contribution in [0.3, 0.4) is 0 Å². The van der Waals surface area contributed by atoms with E-state index < -0.39 is 17.6 Å². The van der Waals surface area contributed by atoms with Gasteiger partial charge in [0, 0.05) is 33.1 Å². The van der Waals surface area contributed by atoms with Crippen LogP contribution in [-0.4, -0.2) is 25.8 Å². The van der Waals surface area contributed by atoms with Gasteiger partial charge in [0.1, 0.15) is 17.0 Å². The van der Waals surface area contributed by atoms with E-state index in [1.165, 1.54) is 6.07 Å². The molecule has 1 aromatic heterocycles. The molecular weight excluding hydrogens is 549 g/mol. The Morgan fingerprint density at radius 2 is 1.81 bits per heavy atom. The molecule has 3 aromatic carbocycles. The van der Waals surface area contributed by atoms with Crippen molar-refractivity contribution in [1.29, 1.82) is 0 Å². The molecule has 0 saturated carbocycles. The van der Waals surface area contributed by atoms with Crippen LogP contribution in [0.1, 0.15) is 38.7 Å². The maximum atomic E-state index is 13.8. The smallest absolute Gasteiger partial charge is 0.492 e. The Labute approximate surface area is 228 Å². The fraction of sp³-hybridized carbons (Fsp3) is 0.296. The summed E-state index contributed by atoms with van der Waals surface area (Å²) in [5.74, 6) is 2.21. The third-order valence-corrected chi connectivity index (χ3v) is 11.0. The maximum absolute atomic E-state index is 13.8. The minimum absolute atomic E-state index is 0.0166. The molecule has 0 saturated heterocycles. The SMILES string of the molecule is CCCCS(=O)c1ccc2nc3c(OP(=O)(Oc4ccc(CCl)cc4)SCCC)ccc(O)c3cc2c1. The number of phenols is 1. The Morgan fingerprint density at radius 1 is 1.03 bits per heavy atom. The molecule has 4 rings (SSSR count). The van der Waals surface area contributed by atoms with Gasteiger partial charge in [0.05, 0.1) is 16.3 Å². The molecule has 37 heavy (non-hydrogen) atoms. The van der Waals surface area contributed by atoms with Gasteiger partial charge >= 0.3 is 6.80 Å². The van der Waals surface area contributed by atoms with Gasteiger partial charge in [-0.1, -0.05) is 32.4 Å². The predicted molar refractivity (Wildman–Crippen MR) is 155 cm³/mol. The third-order valence-electron chi connectivity index (χ3n) is 5.59. The van der Waals surface area contributed by atoms with Crippen LogP contribution in [0.15, 0.2) is 65.6 Å². The first-order chi connectivity index (χ1) is 17.9. The van der Waals surface area contributed by atoms with Gasteiger partial charge in [-0.15, -0.1) is 11.6 Å². The zero-order valence-corrected chi connectivity index (χ0v) is 24.0. The lowest BCUT2D eigenvalue weighted by Gasteiger charge is -2.20. The number of fused-ring (bicyclic) bond motifs is 2. The summed E-state index contributed by atoms with van der Waals surface area (Å²) in [6, 6.07) is 17.3. The number of aromatic nitrogens is 1. The van der Waals surface area contributed by atoms with Gasteiger partial charge in [-0.05, 0) is 78.3 Å². The van der Waals surface area contributed by atoms with Crippen LogP contribution in [-0.2, 0) is 21.2 Å². The maximum Gasteiger partial charge on any atom is 0.492 e. The topological polar surface area (TPSA) is 85.7 Å². The van der Waals surface area contributed by atoms with Gasteiger partial charge in [0.25, 0.3) is 0 Å². The van der Waals surface area contributed by atoms with Crippen molar-refractivity contribution >= 4 is 62.4 Å². The third kappa shape index (κ3) is 6.80. The molecule has 1 heterocycles. The van der Waals surface area contributed by atoms with Crippen molar-refractivity contribution in [2.24, 2.45) is 0 Å². The molecule has 0 aliphatic heterocycles. The van der Waals surface area contributed by atoms with Crippen LogP contribution >= 0.6 is 29.8 Å². The molecule has 10 heteroatoms. The van der Waals surface area contributed by atoms with E-state index >= 15 is 0 Å². The van der Waals surface area contributed by atoms with Crippen molar-refractivity contribution in [3.05, 3.63) is 66.2 Å². The molecule has 0 fully saturated rings. The summed E-state index contributed by atoms with van der Waals surface area (Å²) in [6.07, 6.45) is 2.65. The summed E-state index contributed by atoms with van der Waals surface area (Å²) in [6.45, 7) is 0.360. The fourth-order valence-corrected chi connectivity index (χ4v) is 8.43. The molecule has 2 unspecified atom stereocenters. The first kappa shape index (κ1) is 27.8. The lowest BCUT2D eigenvalue weighted by Crippen LogP contribution is -2.00. The van der Waals surface area contributed by atoms with Crippen molar-refractivity contribution in [3.63, 3.8) is 0 Å². The lowest BCUT2D eigenvalue weighted by atomic mass is 10.1. The number of pyridine rings is 1. The summed E-state index contributed by atoms with van der Waals surface area (Å²) in [7, 11) is -1.10. The van der Waals surface area contributed by atoms with Crippen LogP contribution in [0.4, 0.5) is 0 Å². The molecule has 2 atom stereocenters. The number of halogens is 1. The van der Waals surface area contributed by atoms with Crippen LogP contribution in [0, 0.1) is 0 Å². The van der Waals surface area contributed by atoms with Gasteiger partial charge in [-0.3, -0.25) is 4.21 Å². The van der Waals surface area contributed by atoms with Crippen LogP contribution in [0.5, 0.6) is 17.2 Å². The van der Waals surface area contributed by atoms with E-state index in [2.05, 4.69) is 6.92 Å². The average molecular weight is 578 g/mol. The molecule has 0 spiro atoms. The molecule has 0 aliphatic carbocycles. The molecule has 0 radical (unpaired) electrons. The van der Waals surface area contributed by atoms with Crippen molar-refractivity contribution < 1.29 is 22.9 Å². The molecule has 1 N–H and O–H groups in total. The van der Waals surface area contributed by atoms with E-state index in [0.717, 1.165) is 46.5 Å². The van der Waals surface area contributed by atoms with E-state index in [-0.39, 0.29) is 11.5 Å². The molecule has 0 bridgehead atoms. The Kier molecular flexibility index (Phi) is 9.41. The first-order valence-electron chi connectivity index (χ1n) is 12.1. The van der Waals surface area contributed by atoms with Crippen LogP contribution in [0.2, 0.25) is 0 Å². The highest BCUT2D eigenvalue weighted by Gasteiger charge is 2.30. The zero-order valence-electron chi connectivity index (χ0n) is 20.7. The Hall–Kier alpha value is -2.25. The second-order valence-electron chi connectivity index (χ2n) is 8.47. The highest BCUT2D eigenvalue weighted by atomic mass is 35.5. The van der Waals surface area contributed by atoms with Gasteiger partial charge in [-0.2, -0.15) is 0 Å². The van der Waals surface area contributed by atoms with Crippen LogP contribution in [0.25, 0.3) is 21.8 Å². The van der Waals surface area contributed by atoms with Gasteiger partial charge < -0.3 is 14.2 Å². The van der Waals surface area contributed by atoms with Crippen molar-refractivity contribution in [1.82, 2.24) is 4.98 Å². The van der Waals surface area contributed by atoms with E-state index in [4.69, 9.17) is 25.6 Å². The van der Waals surface area contributed by atoms with Crippen molar-refractivity contribution in [3.8, 4) is 17.2 Å². The predicted octanol–water partition coefficient (Wildman–Crippen LogP) is 8.45. The lowest BCUT2D eigenvalue weighted by molar-refractivity contribution is 0.409. The summed E-state index contributed by atoms with van der Waals surface area (Å²) in [5, 5.41) is 11.8. The van der Waals surface area contributed by atoms with Gasteiger partial charge in [-0.25, -0.2) is 9.55 Å². The number of rotatable bonds is 12. The number of phenolic OH excluding ortho intramolecular Hbond substituents is 1. The van der Waals surface area contributed by atoms with Crippen LogP contribution < -0.4 is 9.05 Å². The average Bonchev–Trinajstić information content (AvgIpc) is 2.91. The second kappa shape index (κ2) is 12.5. The Balaban J connectivity index is 1.71. The molecular formula is C27H29ClNO5PS2. The summed E-state index contributed by atoms with van der Waals surface area (Å²) >= 11 is 6.99. The highest BCUT2D eigenvalue weighted by molar-refractivity contribution is 8.55. The largest absolute Gasteiger partial charge is 0.507 e. The van der Waals surface area contributed by atoms with Gasteiger partial charge in [0.2, 0.25) is 0 Å². The number of hydrogen-bond acceptors (Lipinski definition) is 7. The summed E-state index contributed by atoms with van der Waals surface area (Å²) in [4.78, 5) is 5.44. The number of aromatic hydroxyl groups is 1. The van der Waals surface area contributed by atoms with E-state index in [0.29, 0.717) is 39.6 Å². The normalized spacial score (nSPS) is 13.9. The quantitative estimate of drug-likeness (QED) is 0.103. The highest BCUT2D eigenvalue weighted by Crippen LogP contribution is 2.60. The number of benzene rings is 3. The molecule has 0 amide bonds. The minimum atomic E-state index is -3.69. The first-order valence-corrected chi connectivity index (χ1v) is 17.1. The van der Waals surface area contributed by atoms with E-state index in [9.17, 15) is 13.9 Å². The summed E-state index contributed by atoms with van der Waals surface area (Å²) in [5.41, 5.74) is 1.93. The zero-order chi connectivity index (χ0) is 26.4. The molecule has 0 aliphatic rings. The van der Waals surface area contributed by atoms with E-state index in [1.54, 1.807) is 24.3 Å². The number of nitrogens with zero attached hydrogens (tertiary/aromatic N) is 1. The monoisotopic (exact) mass is 577 g/mol. The fourth-order valence-electron chi connectivity index (χ4n) is 3.63. The minimum Gasteiger partial charge on any atom is -0.507 e. The van der Waals surface area contributed by atoms with Crippen molar-refractivity contribution in [2.75, 3.05) is 11.5 Å². The molecule has 196 valence electrons. The molecule has 6 nitrogen and oxygen atoms in total. The Morgan fingerprint density at radius 3 is 2.51 bits per heavy atom.